The molecule has 2 fully saturated rings. The lowest BCUT2D eigenvalue weighted by atomic mass is 10.1. The third-order valence-corrected chi connectivity index (χ3v) is 5.74. The highest BCUT2D eigenvalue weighted by molar-refractivity contribution is 7.89. The van der Waals surface area contributed by atoms with E-state index in [2.05, 4.69) is 4.72 Å². The van der Waals surface area contributed by atoms with Crippen LogP contribution in [-0.4, -0.2) is 19.4 Å². The summed E-state index contributed by atoms with van der Waals surface area (Å²) in [5.41, 5.74) is 5.38. The van der Waals surface area contributed by atoms with Crippen molar-refractivity contribution in [2.45, 2.75) is 36.6 Å². The standard InChI is InChI=1S/C14H17FN2O2S2/c15-12-6-5-10(7-11(12)14(16)20)21(18,19)17-13(8-1-2-8)9-3-4-9/h5-9,13,17H,1-4H2,(H2,16,20). The van der Waals surface area contributed by atoms with Crippen molar-refractivity contribution in [3.05, 3.63) is 29.6 Å². The van der Waals surface area contributed by atoms with Crippen LogP contribution in [0.5, 0.6) is 0 Å². The lowest BCUT2D eigenvalue weighted by molar-refractivity contribution is 0.471. The van der Waals surface area contributed by atoms with E-state index >= 15 is 0 Å². The van der Waals surface area contributed by atoms with Crippen LogP contribution >= 0.6 is 12.2 Å². The van der Waals surface area contributed by atoms with Crippen molar-refractivity contribution in [3.8, 4) is 0 Å². The highest BCUT2D eigenvalue weighted by atomic mass is 32.2. The molecule has 114 valence electrons. The van der Waals surface area contributed by atoms with Gasteiger partial charge < -0.3 is 5.73 Å². The molecule has 1 aromatic rings. The number of sulfonamides is 1. The summed E-state index contributed by atoms with van der Waals surface area (Å²) in [7, 11) is -3.67. The van der Waals surface area contributed by atoms with Gasteiger partial charge >= 0.3 is 0 Å². The number of nitrogens with two attached hydrogens (primary N) is 1. The van der Waals surface area contributed by atoms with Gasteiger partial charge in [-0.3, -0.25) is 0 Å². The Balaban J connectivity index is 1.87. The highest BCUT2D eigenvalue weighted by Crippen LogP contribution is 2.45. The van der Waals surface area contributed by atoms with Crippen LogP contribution in [0.25, 0.3) is 0 Å². The number of benzene rings is 1. The third kappa shape index (κ3) is 3.25. The van der Waals surface area contributed by atoms with Gasteiger partial charge in [0.15, 0.2) is 0 Å². The molecule has 3 rings (SSSR count). The van der Waals surface area contributed by atoms with E-state index in [0.29, 0.717) is 11.8 Å². The first-order valence-electron chi connectivity index (χ1n) is 7.00. The lowest BCUT2D eigenvalue weighted by Gasteiger charge is -2.18. The monoisotopic (exact) mass is 328 g/mol. The first kappa shape index (κ1) is 14.9. The number of hydrogen-bond donors (Lipinski definition) is 2. The smallest absolute Gasteiger partial charge is 0.240 e. The molecule has 2 aliphatic rings. The third-order valence-electron chi connectivity index (χ3n) is 4.06. The van der Waals surface area contributed by atoms with E-state index in [1.165, 1.54) is 12.1 Å². The maximum absolute atomic E-state index is 13.6. The number of hydrogen-bond acceptors (Lipinski definition) is 3. The lowest BCUT2D eigenvalue weighted by Crippen LogP contribution is -2.38. The fraction of sp³-hybridized carbons (Fsp3) is 0.500. The fourth-order valence-corrected chi connectivity index (χ4v) is 4.15. The number of nitrogens with one attached hydrogen (secondary N) is 1. The van der Waals surface area contributed by atoms with Crippen LogP contribution in [0.15, 0.2) is 23.1 Å². The molecular formula is C14H17FN2O2S2. The van der Waals surface area contributed by atoms with Gasteiger partial charge in [-0.25, -0.2) is 17.5 Å². The average molecular weight is 328 g/mol. The van der Waals surface area contributed by atoms with Crippen LogP contribution in [0, 0.1) is 17.7 Å². The van der Waals surface area contributed by atoms with E-state index in [1.54, 1.807) is 0 Å². The number of thiocarbonyl (C=S) groups is 1. The maximum Gasteiger partial charge on any atom is 0.240 e. The van der Waals surface area contributed by atoms with Gasteiger partial charge in [-0.05, 0) is 55.7 Å². The molecule has 3 N–H and O–H groups in total. The van der Waals surface area contributed by atoms with Crippen molar-refractivity contribution in [2.24, 2.45) is 17.6 Å². The minimum atomic E-state index is -3.67. The SMILES string of the molecule is NC(=S)c1cc(S(=O)(=O)NC(C2CC2)C2CC2)ccc1F. The summed E-state index contributed by atoms with van der Waals surface area (Å²) < 4.78 is 41.3. The largest absolute Gasteiger partial charge is 0.389 e. The second-order valence-corrected chi connectivity index (χ2v) is 7.98. The first-order valence-corrected chi connectivity index (χ1v) is 8.89. The molecular weight excluding hydrogens is 311 g/mol. The van der Waals surface area contributed by atoms with Gasteiger partial charge in [-0.15, -0.1) is 0 Å². The highest BCUT2D eigenvalue weighted by Gasteiger charge is 2.43. The van der Waals surface area contributed by atoms with Crippen LogP contribution < -0.4 is 10.5 Å². The summed E-state index contributed by atoms with van der Waals surface area (Å²) in [6.45, 7) is 0. The van der Waals surface area contributed by atoms with E-state index in [0.717, 1.165) is 31.7 Å². The molecule has 4 nitrogen and oxygen atoms in total. The minimum absolute atomic E-state index is 0.00771. The summed E-state index contributed by atoms with van der Waals surface area (Å²) >= 11 is 4.75. The van der Waals surface area contributed by atoms with Gasteiger partial charge in [0.1, 0.15) is 10.8 Å². The second kappa shape index (κ2) is 5.30. The predicted octanol–water partition coefficient (Wildman–Crippen LogP) is 1.93. The van der Waals surface area contributed by atoms with Gasteiger partial charge in [-0.1, -0.05) is 12.2 Å². The molecule has 0 amide bonds. The van der Waals surface area contributed by atoms with E-state index in [-0.39, 0.29) is 21.5 Å². The Hall–Kier alpha value is -1.05. The molecule has 21 heavy (non-hydrogen) atoms. The Morgan fingerprint density at radius 2 is 1.86 bits per heavy atom. The molecule has 0 aromatic heterocycles. The topological polar surface area (TPSA) is 72.2 Å². The molecule has 0 unspecified atom stereocenters. The molecule has 0 bridgehead atoms. The molecule has 0 heterocycles. The number of rotatable bonds is 6. The van der Waals surface area contributed by atoms with E-state index < -0.39 is 15.8 Å². The molecule has 0 saturated heterocycles. The van der Waals surface area contributed by atoms with E-state index in [4.69, 9.17) is 18.0 Å². The number of halogens is 1. The van der Waals surface area contributed by atoms with E-state index in [1.807, 2.05) is 0 Å². The summed E-state index contributed by atoms with van der Waals surface area (Å²) in [6.07, 6.45) is 4.30. The van der Waals surface area contributed by atoms with Crippen LogP contribution in [0.3, 0.4) is 0 Å². The Bertz CT molecular complexity index is 670. The van der Waals surface area contributed by atoms with Crippen molar-refractivity contribution in [1.29, 1.82) is 0 Å². The van der Waals surface area contributed by atoms with Crippen LogP contribution in [-0.2, 0) is 10.0 Å². The Morgan fingerprint density at radius 3 is 2.33 bits per heavy atom. The Kier molecular flexibility index (Phi) is 3.75. The van der Waals surface area contributed by atoms with E-state index in [9.17, 15) is 12.8 Å². The molecule has 7 heteroatoms. The van der Waals surface area contributed by atoms with Crippen molar-refractivity contribution in [3.63, 3.8) is 0 Å². The van der Waals surface area contributed by atoms with Crippen LogP contribution in [0.1, 0.15) is 31.2 Å². The second-order valence-electron chi connectivity index (χ2n) is 5.83. The molecule has 2 aliphatic carbocycles. The van der Waals surface area contributed by atoms with Crippen LogP contribution in [0.2, 0.25) is 0 Å². The van der Waals surface area contributed by atoms with Gasteiger partial charge in [0.05, 0.1) is 4.90 Å². The summed E-state index contributed by atoms with van der Waals surface area (Å²) in [6, 6.07) is 3.55. The normalized spacial score (nSPS) is 19.0. The average Bonchev–Trinajstić information content (AvgIpc) is 3.27. The summed E-state index contributed by atoms with van der Waals surface area (Å²) in [5.74, 6) is 0.285. The molecule has 0 radical (unpaired) electrons. The van der Waals surface area contributed by atoms with Gasteiger partial charge in [-0.2, -0.15) is 0 Å². The van der Waals surface area contributed by atoms with Crippen molar-refractivity contribution in [2.75, 3.05) is 0 Å². The molecule has 0 spiro atoms. The van der Waals surface area contributed by atoms with Crippen LogP contribution in [0.4, 0.5) is 4.39 Å². The van der Waals surface area contributed by atoms with Gasteiger partial charge in [0, 0.05) is 11.6 Å². The van der Waals surface area contributed by atoms with Gasteiger partial charge in [0.25, 0.3) is 0 Å². The van der Waals surface area contributed by atoms with Gasteiger partial charge in [0.2, 0.25) is 10.0 Å². The maximum atomic E-state index is 13.6. The van der Waals surface area contributed by atoms with Crippen molar-refractivity contribution in [1.82, 2.24) is 4.72 Å². The zero-order valence-corrected chi connectivity index (χ0v) is 13.0. The summed E-state index contributed by atoms with van der Waals surface area (Å²) in [5, 5.41) is 0. The fourth-order valence-electron chi connectivity index (χ4n) is 2.60. The zero-order chi connectivity index (χ0) is 15.2. The predicted molar refractivity (Wildman–Crippen MR) is 81.8 cm³/mol. The Labute approximate surface area is 129 Å². The van der Waals surface area contributed by atoms with Crippen molar-refractivity contribution >= 4 is 27.2 Å². The zero-order valence-electron chi connectivity index (χ0n) is 11.4. The molecule has 2 saturated carbocycles. The van der Waals surface area contributed by atoms with Crippen molar-refractivity contribution < 1.29 is 12.8 Å². The minimum Gasteiger partial charge on any atom is -0.389 e. The quantitative estimate of drug-likeness (QED) is 0.783. The Morgan fingerprint density at radius 1 is 1.29 bits per heavy atom. The first-order chi connectivity index (χ1) is 9.88. The molecule has 1 aromatic carbocycles. The molecule has 0 aliphatic heterocycles. The summed E-state index contributed by atoms with van der Waals surface area (Å²) in [4.78, 5) is -0.136. The molecule has 0 atom stereocenters.